The monoisotopic (exact) mass is 394 g/mol. The van der Waals surface area contributed by atoms with E-state index in [4.69, 9.17) is 0 Å². The molecular weight excluding hydrogens is 356 g/mol. The highest BCUT2D eigenvalue weighted by Crippen LogP contribution is 2.38. The van der Waals surface area contributed by atoms with Gasteiger partial charge in [-0.05, 0) is 68.1 Å². The van der Waals surface area contributed by atoms with Crippen LogP contribution in [0.25, 0.3) is 0 Å². The fourth-order valence-corrected chi connectivity index (χ4v) is 4.44. The number of anilines is 1. The summed E-state index contributed by atoms with van der Waals surface area (Å²) >= 11 is 0. The Hall–Kier alpha value is -2.13. The highest BCUT2D eigenvalue weighted by atomic mass is 16.1. The first kappa shape index (κ1) is 23.2. The van der Waals surface area contributed by atoms with E-state index < -0.39 is 5.54 Å². The van der Waals surface area contributed by atoms with Gasteiger partial charge in [-0.1, -0.05) is 58.0 Å². The topological polar surface area (TPSA) is 23.6 Å². The predicted molar refractivity (Wildman–Crippen MR) is 125 cm³/mol. The number of ketones is 1. The van der Waals surface area contributed by atoms with E-state index in [0.717, 1.165) is 17.7 Å². The van der Waals surface area contributed by atoms with E-state index in [1.807, 2.05) is 58.5 Å². The maximum atomic E-state index is 14.1. The molecule has 0 aliphatic carbocycles. The molecule has 3 nitrogen and oxygen atoms in total. The summed E-state index contributed by atoms with van der Waals surface area (Å²) in [6, 6.07) is 18.4. The molecule has 0 saturated heterocycles. The molecule has 0 N–H and O–H groups in total. The van der Waals surface area contributed by atoms with Crippen LogP contribution >= 0.6 is 0 Å². The molecule has 3 heteroatoms. The number of nitrogens with zero attached hydrogens (tertiary/aromatic N) is 2. The van der Waals surface area contributed by atoms with Gasteiger partial charge < -0.3 is 4.90 Å². The molecule has 0 fully saturated rings. The molecular formula is C26H38N2O. The highest BCUT2D eigenvalue weighted by molar-refractivity contribution is 6.04. The molecule has 0 radical (unpaired) electrons. The summed E-state index contributed by atoms with van der Waals surface area (Å²) in [6.07, 6.45) is 1.67. The Morgan fingerprint density at radius 3 is 1.90 bits per heavy atom. The third kappa shape index (κ3) is 5.48. The van der Waals surface area contributed by atoms with Gasteiger partial charge in [0.2, 0.25) is 0 Å². The molecule has 0 aromatic heterocycles. The third-order valence-corrected chi connectivity index (χ3v) is 5.89. The Bertz CT molecular complexity index is 788. The van der Waals surface area contributed by atoms with E-state index in [1.165, 1.54) is 5.56 Å². The Kier molecular flexibility index (Phi) is 7.29. The molecule has 29 heavy (non-hydrogen) atoms. The van der Waals surface area contributed by atoms with Gasteiger partial charge in [0.05, 0.1) is 5.54 Å². The fourth-order valence-electron chi connectivity index (χ4n) is 4.44. The van der Waals surface area contributed by atoms with Crippen LogP contribution in [0.5, 0.6) is 0 Å². The maximum absolute atomic E-state index is 14.1. The second-order valence-corrected chi connectivity index (χ2v) is 9.92. The van der Waals surface area contributed by atoms with Crippen molar-refractivity contribution >= 4 is 11.5 Å². The molecule has 2 aromatic carbocycles. The summed E-state index contributed by atoms with van der Waals surface area (Å²) in [4.78, 5) is 18.3. The van der Waals surface area contributed by atoms with Crippen molar-refractivity contribution in [3.63, 3.8) is 0 Å². The van der Waals surface area contributed by atoms with Crippen LogP contribution in [0, 0.1) is 11.3 Å². The molecule has 0 bridgehead atoms. The van der Waals surface area contributed by atoms with Crippen molar-refractivity contribution < 1.29 is 4.79 Å². The fraction of sp³-hybridized carbons (Fsp3) is 0.500. The molecule has 0 amide bonds. The lowest BCUT2D eigenvalue weighted by Gasteiger charge is -2.45. The predicted octanol–water partition coefficient (Wildman–Crippen LogP) is 5.55. The van der Waals surface area contributed by atoms with Crippen LogP contribution in [0.2, 0.25) is 0 Å². The van der Waals surface area contributed by atoms with E-state index in [2.05, 4.69) is 61.8 Å². The quantitative estimate of drug-likeness (QED) is 0.548. The zero-order valence-corrected chi connectivity index (χ0v) is 19.5. The number of carbonyl (C=O) groups excluding carboxylic acids is 1. The van der Waals surface area contributed by atoms with Crippen molar-refractivity contribution in [1.82, 2.24) is 4.90 Å². The second-order valence-electron chi connectivity index (χ2n) is 9.92. The van der Waals surface area contributed by atoms with Gasteiger partial charge in [-0.25, -0.2) is 0 Å². The third-order valence-electron chi connectivity index (χ3n) is 5.89. The lowest BCUT2D eigenvalue weighted by molar-refractivity contribution is 0.0427. The lowest BCUT2D eigenvalue weighted by atomic mass is 9.68. The number of rotatable bonds is 8. The molecule has 2 rings (SSSR count). The standard InChI is InChI=1S/C26H38N2O/c1-20(18-25(2,3)4)26(28(7)8,19-21-12-10-9-11-13-21)24(29)22-14-16-23(17-15-22)27(5)6/h9-17,20H,18-19H2,1-8H3. The van der Waals surface area contributed by atoms with Crippen LogP contribution in [-0.4, -0.2) is 44.4 Å². The first-order valence-corrected chi connectivity index (χ1v) is 10.5. The molecule has 0 aliphatic heterocycles. The number of hydrogen-bond acceptors (Lipinski definition) is 3. The normalized spacial score (nSPS) is 15.1. The summed E-state index contributed by atoms with van der Waals surface area (Å²) in [5, 5.41) is 0. The maximum Gasteiger partial charge on any atom is 0.183 e. The average Bonchev–Trinajstić information content (AvgIpc) is 2.64. The smallest absolute Gasteiger partial charge is 0.183 e. The minimum atomic E-state index is -0.603. The van der Waals surface area contributed by atoms with Crippen LogP contribution < -0.4 is 4.90 Å². The average molecular weight is 395 g/mol. The SMILES string of the molecule is CC(CC(C)(C)C)C(Cc1ccccc1)(C(=O)c1ccc(N(C)C)cc1)N(C)C. The van der Waals surface area contributed by atoms with Gasteiger partial charge >= 0.3 is 0 Å². The van der Waals surface area contributed by atoms with E-state index in [9.17, 15) is 4.79 Å². The largest absolute Gasteiger partial charge is 0.378 e. The van der Waals surface area contributed by atoms with E-state index in [0.29, 0.717) is 6.42 Å². The van der Waals surface area contributed by atoms with Crippen molar-refractivity contribution in [3.05, 3.63) is 65.7 Å². The molecule has 2 unspecified atom stereocenters. The van der Waals surface area contributed by atoms with Crippen molar-refractivity contribution in [2.45, 2.75) is 46.1 Å². The number of benzene rings is 2. The zero-order valence-electron chi connectivity index (χ0n) is 19.5. The summed E-state index contributed by atoms with van der Waals surface area (Å²) in [6.45, 7) is 8.99. The van der Waals surface area contributed by atoms with Crippen LogP contribution in [0.15, 0.2) is 54.6 Å². The van der Waals surface area contributed by atoms with Crippen LogP contribution in [-0.2, 0) is 6.42 Å². The highest BCUT2D eigenvalue weighted by Gasteiger charge is 2.46. The molecule has 0 aliphatic rings. The minimum absolute atomic E-state index is 0.145. The molecule has 0 heterocycles. The summed E-state index contributed by atoms with van der Waals surface area (Å²) in [7, 11) is 8.13. The molecule has 0 saturated carbocycles. The van der Waals surface area contributed by atoms with Crippen molar-refractivity contribution in [3.8, 4) is 0 Å². The van der Waals surface area contributed by atoms with Gasteiger partial charge in [0.1, 0.15) is 0 Å². The van der Waals surface area contributed by atoms with E-state index in [-0.39, 0.29) is 17.1 Å². The molecule has 0 spiro atoms. The minimum Gasteiger partial charge on any atom is -0.378 e. The van der Waals surface area contributed by atoms with Crippen LogP contribution in [0.3, 0.4) is 0 Å². The number of likely N-dealkylation sites (N-methyl/N-ethyl adjacent to an activating group) is 1. The summed E-state index contributed by atoms with van der Waals surface area (Å²) in [5.41, 5.74) is 2.62. The first-order chi connectivity index (χ1) is 13.5. The number of Topliss-reactive ketones (excluding diaryl/α,β-unsaturated/α-hetero) is 1. The van der Waals surface area contributed by atoms with Gasteiger partial charge in [0, 0.05) is 25.3 Å². The summed E-state index contributed by atoms with van der Waals surface area (Å²) in [5.74, 6) is 0.396. The van der Waals surface area contributed by atoms with Gasteiger partial charge in [-0.15, -0.1) is 0 Å². The number of hydrogen-bond donors (Lipinski definition) is 0. The molecule has 158 valence electrons. The van der Waals surface area contributed by atoms with Crippen LogP contribution in [0.4, 0.5) is 5.69 Å². The zero-order chi connectivity index (χ0) is 21.8. The Morgan fingerprint density at radius 1 is 0.897 bits per heavy atom. The second kappa shape index (κ2) is 9.13. The van der Waals surface area contributed by atoms with Gasteiger partial charge in [-0.2, -0.15) is 0 Å². The van der Waals surface area contributed by atoms with Gasteiger partial charge in [0.15, 0.2) is 5.78 Å². The molecule has 2 aromatic rings. The Morgan fingerprint density at radius 2 is 1.45 bits per heavy atom. The molecule has 2 atom stereocenters. The van der Waals surface area contributed by atoms with Crippen molar-refractivity contribution in [2.75, 3.05) is 33.1 Å². The van der Waals surface area contributed by atoms with Gasteiger partial charge in [-0.3, -0.25) is 9.69 Å². The van der Waals surface area contributed by atoms with Crippen molar-refractivity contribution in [1.29, 1.82) is 0 Å². The Balaban J connectivity index is 2.55. The first-order valence-electron chi connectivity index (χ1n) is 10.5. The van der Waals surface area contributed by atoms with E-state index >= 15 is 0 Å². The summed E-state index contributed by atoms with van der Waals surface area (Å²) < 4.78 is 0. The Labute approximate surface area is 177 Å². The van der Waals surface area contributed by atoms with Gasteiger partial charge in [0.25, 0.3) is 0 Å². The number of carbonyl (C=O) groups is 1. The van der Waals surface area contributed by atoms with E-state index in [1.54, 1.807) is 0 Å². The van der Waals surface area contributed by atoms with Crippen molar-refractivity contribution in [2.24, 2.45) is 11.3 Å². The van der Waals surface area contributed by atoms with Crippen LogP contribution in [0.1, 0.15) is 50.0 Å². The lowest BCUT2D eigenvalue weighted by Crippen LogP contribution is -2.58.